The summed E-state index contributed by atoms with van der Waals surface area (Å²) in [5, 5.41) is 10.6. The SMILES string of the molecule is Cc1nc(N)c2nc(C)n(C3OC4COPOC4C3O)c2n1. The topological polar surface area (TPSA) is 118 Å². The Hall–Kier alpha value is -1.38. The van der Waals surface area contributed by atoms with Gasteiger partial charge in [0.05, 0.1) is 6.61 Å². The number of fused-ring (bicyclic) bond motifs is 2. The first-order chi connectivity index (χ1) is 10.6. The Bertz CT molecular complexity index is 738. The number of hydrogen-bond acceptors (Lipinski definition) is 8. The summed E-state index contributed by atoms with van der Waals surface area (Å²) in [5.74, 6) is 1.50. The fourth-order valence-electron chi connectivity index (χ4n) is 2.94. The van der Waals surface area contributed by atoms with Crippen molar-refractivity contribution in [2.75, 3.05) is 12.3 Å². The van der Waals surface area contributed by atoms with Gasteiger partial charge in [0, 0.05) is 0 Å². The molecule has 2 saturated heterocycles. The van der Waals surface area contributed by atoms with E-state index in [4.69, 9.17) is 19.5 Å². The number of nitrogens with two attached hydrogens (primary N) is 1. The maximum Gasteiger partial charge on any atom is 0.168 e. The van der Waals surface area contributed by atoms with Gasteiger partial charge in [0.1, 0.15) is 30.0 Å². The van der Waals surface area contributed by atoms with Crippen molar-refractivity contribution in [3.05, 3.63) is 11.6 Å². The Labute approximate surface area is 127 Å². The maximum absolute atomic E-state index is 10.6. The van der Waals surface area contributed by atoms with E-state index in [0.29, 0.717) is 35.2 Å². The van der Waals surface area contributed by atoms with E-state index in [1.54, 1.807) is 11.5 Å². The molecule has 0 radical (unpaired) electrons. The van der Waals surface area contributed by atoms with E-state index in [1.807, 2.05) is 6.92 Å². The molecule has 0 aliphatic carbocycles. The zero-order chi connectivity index (χ0) is 15.4. The number of aromatic nitrogens is 4. The lowest BCUT2D eigenvalue weighted by Gasteiger charge is -2.24. The van der Waals surface area contributed by atoms with Crippen LogP contribution in [0.15, 0.2) is 0 Å². The number of ether oxygens (including phenoxy) is 1. The molecule has 4 rings (SSSR count). The van der Waals surface area contributed by atoms with Crippen molar-refractivity contribution < 1.29 is 18.9 Å². The normalized spacial score (nSPS) is 32.7. The Kier molecular flexibility index (Phi) is 3.28. The fourth-order valence-corrected chi connectivity index (χ4v) is 3.64. The molecule has 5 unspecified atom stereocenters. The lowest BCUT2D eigenvalue weighted by molar-refractivity contribution is -0.0527. The van der Waals surface area contributed by atoms with Crippen molar-refractivity contribution in [1.82, 2.24) is 19.5 Å². The van der Waals surface area contributed by atoms with Crippen molar-refractivity contribution >= 4 is 26.0 Å². The van der Waals surface area contributed by atoms with Crippen molar-refractivity contribution in [3.8, 4) is 0 Å². The quantitative estimate of drug-likeness (QED) is 0.714. The van der Waals surface area contributed by atoms with E-state index in [-0.39, 0.29) is 15.1 Å². The van der Waals surface area contributed by atoms with Gasteiger partial charge in [-0.05, 0) is 13.8 Å². The van der Waals surface area contributed by atoms with Crippen LogP contribution in [-0.2, 0) is 13.8 Å². The fraction of sp³-hybridized carbons (Fsp3) is 0.583. The second-order valence-corrected chi connectivity index (χ2v) is 6.08. The minimum absolute atomic E-state index is 0.0803. The van der Waals surface area contributed by atoms with Crippen molar-refractivity contribution in [2.24, 2.45) is 0 Å². The van der Waals surface area contributed by atoms with Gasteiger partial charge < -0.3 is 24.6 Å². The maximum atomic E-state index is 10.6. The minimum Gasteiger partial charge on any atom is -0.386 e. The van der Waals surface area contributed by atoms with Gasteiger partial charge in [-0.2, -0.15) is 0 Å². The molecule has 0 amide bonds. The molecule has 0 bridgehead atoms. The standard InChI is InChI=1S/C12H16N5O4P/c1-4-14-10(13)7-11(15-4)17(5(2)16-7)12-8(18)9-6(20-12)3-19-22-21-9/h6,8-9,12,18,22H,3H2,1-2H3,(H2,13,14,15). The van der Waals surface area contributed by atoms with Gasteiger partial charge in [0.25, 0.3) is 0 Å². The third-order valence-corrected chi connectivity index (χ3v) is 4.56. The van der Waals surface area contributed by atoms with E-state index < -0.39 is 18.4 Å². The molecule has 10 heteroatoms. The monoisotopic (exact) mass is 325 g/mol. The number of aliphatic hydroxyl groups is 1. The molecule has 9 nitrogen and oxygen atoms in total. The van der Waals surface area contributed by atoms with Crippen LogP contribution in [0.5, 0.6) is 0 Å². The number of nitrogen functional groups attached to an aromatic ring is 1. The molecule has 4 heterocycles. The molecular weight excluding hydrogens is 309 g/mol. The van der Waals surface area contributed by atoms with Crippen LogP contribution in [0.3, 0.4) is 0 Å². The summed E-state index contributed by atoms with van der Waals surface area (Å²) < 4.78 is 18.4. The number of anilines is 1. The number of nitrogens with zero attached hydrogens (tertiary/aromatic N) is 4. The van der Waals surface area contributed by atoms with Crippen LogP contribution >= 0.6 is 9.03 Å². The average Bonchev–Trinajstić information content (AvgIpc) is 2.97. The van der Waals surface area contributed by atoms with Crippen molar-refractivity contribution in [2.45, 2.75) is 38.4 Å². The molecule has 2 aliphatic heterocycles. The first-order valence-corrected chi connectivity index (χ1v) is 7.72. The first kappa shape index (κ1) is 14.2. The highest BCUT2D eigenvalue weighted by Gasteiger charge is 2.48. The molecule has 2 aromatic heterocycles. The lowest BCUT2D eigenvalue weighted by atomic mass is 10.1. The molecular formula is C12H16N5O4P. The van der Waals surface area contributed by atoms with Crippen LogP contribution in [0.2, 0.25) is 0 Å². The van der Waals surface area contributed by atoms with E-state index >= 15 is 0 Å². The summed E-state index contributed by atoms with van der Waals surface area (Å²) in [6.07, 6.45) is -2.18. The largest absolute Gasteiger partial charge is 0.386 e. The van der Waals surface area contributed by atoms with Gasteiger partial charge in [-0.25, -0.2) is 15.0 Å². The summed E-state index contributed by atoms with van der Waals surface area (Å²) in [6.45, 7) is 3.97. The van der Waals surface area contributed by atoms with Gasteiger partial charge in [0.2, 0.25) is 0 Å². The van der Waals surface area contributed by atoms with E-state index in [2.05, 4.69) is 15.0 Å². The van der Waals surface area contributed by atoms with Crippen LogP contribution in [0, 0.1) is 13.8 Å². The summed E-state index contributed by atoms with van der Waals surface area (Å²) >= 11 is 0. The number of hydrogen-bond donors (Lipinski definition) is 2. The summed E-state index contributed by atoms with van der Waals surface area (Å²) in [5.41, 5.74) is 6.97. The average molecular weight is 325 g/mol. The molecule has 5 atom stereocenters. The highest BCUT2D eigenvalue weighted by atomic mass is 31.1. The van der Waals surface area contributed by atoms with E-state index in [0.717, 1.165) is 0 Å². The summed E-state index contributed by atoms with van der Waals surface area (Å²) in [6, 6.07) is 0. The third-order valence-electron chi connectivity index (χ3n) is 3.91. The summed E-state index contributed by atoms with van der Waals surface area (Å²) in [7, 11) is -0.0803. The predicted octanol–water partition coefficient (Wildman–Crippen LogP) is 0.208. The second kappa shape index (κ2) is 5.07. The predicted molar refractivity (Wildman–Crippen MR) is 78.3 cm³/mol. The van der Waals surface area contributed by atoms with Crippen LogP contribution in [0.25, 0.3) is 11.2 Å². The third kappa shape index (κ3) is 2.01. The van der Waals surface area contributed by atoms with E-state index in [1.165, 1.54) is 0 Å². The molecule has 0 spiro atoms. The van der Waals surface area contributed by atoms with Gasteiger partial charge in [-0.1, -0.05) is 0 Å². The molecule has 3 N–H and O–H groups in total. The Morgan fingerprint density at radius 3 is 2.91 bits per heavy atom. The molecule has 0 aromatic carbocycles. The number of rotatable bonds is 1. The number of aryl methyl sites for hydroxylation is 2. The highest BCUT2D eigenvalue weighted by Crippen LogP contribution is 2.40. The van der Waals surface area contributed by atoms with Gasteiger partial charge >= 0.3 is 0 Å². The molecule has 0 saturated carbocycles. The van der Waals surface area contributed by atoms with Crippen molar-refractivity contribution in [1.29, 1.82) is 0 Å². The van der Waals surface area contributed by atoms with E-state index in [9.17, 15) is 5.11 Å². The Morgan fingerprint density at radius 1 is 1.32 bits per heavy atom. The van der Waals surface area contributed by atoms with Gasteiger partial charge in [-0.3, -0.25) is 4.57 Å². The first-order valence-electron chi connectivity index (χ1n) is 6.91. The summed E-state index contributed by atoms with van der Waals surface area (Å²) in [4.78, 5) is 12.9. The number of imidazole rings is 1. The Morgan fingerprint density at radius 2 is 2.14 bits per heavy atom. The van der Waals surface area contributed by atoms with Gasteiger partial charge in [0.15, 0.2) is 32.2 Å². The molecule has 2 aromatic rings. The molecule has 118 valence electrons. The zero-order valence-corrected chi connectivity index (χ0v) is 13.1. The molecule has 2 aliphatic rings. The zero-order valence-electron chi connectivity index (χ0n) is 12.1. The van der Waals surface area contributed by atoms with Crippen molar-refractivity contribution in [3.63, 3.8) is 0 Å². The van der Waals surface area contributed by atoms with Crippen LogP contribution in [-0.4, -0.2) is 49.5 Å². The van der Waals surface area contributed by atoms with Gasteiger partial charge in [-0.15, -0.1) is 0 Å². The smallest absolute Gasteiger partial charge is 0.168 e. The number of aliphatic hydroxyl groups excluding tert-OH is 1. The van der Waals surface area contributed by atoms with Crippen LogP contribution in [0.4, 0.5) is 5.82 Å². The second-order valence-electron chi connectivity index (χ2n) is 5.39. The Balaban J connectivity index is 1.82. The van der Waals surface area contributed by atoms with Crippen LogP contribution in [0.1, 0.15) is 17.9 Å². The minimum atomic E-state index is -0.825. The molecule has 2 fully saturated rings. The van der Waals surface area contributed by atoms with Crippen LogP contribution < -0.4 is 5.73 Å². The molecule has 22 heavy (non-hydrogen) atoms. The highest BCUT2D eigenvalue weighted by molar-refractivity contribution is 7.26. The lowest BCUT2D eigenvalue weighted by Crippen LogP contribution is -2.37.